The van der Waals surface area contributed by atoms with Crippen molar-refractivity contribution in [3.05, 3.63) is 30.3 Å². The maximum Gasteiger partial charge on any atom is 0.283 e. The van der Waals surface area contributed by atoms with Gasteiger partial charge in [0.25, 0.3) is 10.0 Å². The summed E-state index contributed by atoms with van der Waals surface area (Å²) in [5.74, 6) is 0. The third-order valence-corrected chi connectivity index (χ3v) is 3.65. The molecule has 1 aromatic carbocycles. The lowest BCUT2D eigenvalue weighted by Crippen LogP contribution is -2.24. The highest BCUT2D eigenvalue weighted by atomic mass is 32.2. The Bertz CT molecular complexity index is 463. The van der Waals surface area contributed by atoms with Crippen LogP contribution < -0.4 is 0 Å². The fourth-order valence-electron chi connectivity index (χ4n) is 1.58. The lowest BCUT2D eigenvalue weighted by atomic mass is 10.4. The molecule has 0 saturated heterocycles. The summed E-state index contributed by atoms with van der Waals surface area (Å²) >= 11 is 0. The number of nitrogens with zero attached hydrogens (tertiary/aromatic N) is 2. The molecule has 18 heavy (non-hydrogen) atoms. The average Bonchev–Trinajstić information content (AvgIpc) is 2.38. The summed E-state index contributed by atoms with van der Waals surface area (Å²) in [7, 11) is -3.56. The van der Waals surface area contributed by atoms with E-state index in [1.165, 1.54) is 6.34 Å². The summed E-state index contributed by atoms with van der Waals surface area (Å²) in [5.41, 5.74) is 0. The molecule has 5 heteroatoms. The van der Waals surface area contributed by atoms with Crippen LogP contribution in [0.5, 0.6) is 0 Å². The van der Waals surface area contributed by atoms with Crippen molar-refractivity contribution in [3.63, 3.8) is 0 Å². The van der Waals surface area contributed by atoms with Crippen molar-refractivity contribution in [3.8, 4) is 0 Å². The first kappa shape index (κ1) is 14.7. The minimum atomic E-state index is -3.56. The van der Waals surface area contributed by atoms with E-state index in [2.05, 4.69) is 18.2 Å². The Morgan fingerprint density at radius 1 is 1.11 bits per heavy atom. The van der Waals surface area contributed by atoms with Gasteiger partial charge in [-0.1, -0.05) is 32.0 Å². The minimum Gasteiger partial charge on any atom is -0.362 e. The van der Waals surface area contributed by atoms with Crippen molar-refractivity contribution in [1.29, 1.82) is 0 Å². The number of rotatable bonds is 7. The molecule has 4 nitrogen and oxygen atoms in total. The van der Waals surface area contributed by atoms with E-state index in [4.69, 9.17) is 0 Å². The molecule has 0 aliphatic rings. The fraction of sp³-hybridized carbons (Fsp3) is 0.462. The normalized spacial score (nSPS) is 11.9. The molecular formula is C13H20N2O2S. The van der Waals surface area contributed by atoms with Gasteiger partial charge in [0, 0.05) is 13.1 Å². The highest BCUT2D eigenvalue weighted by molar-refractivity contribution is 7.90. The predicted molar refractivity (Wildman–Crippen MR) is 74.3 cm³/mol. The SMILES string of the molecule is CCCN(/C=N/S(=O)(=O)c1ccccc1)CCC. The Hall–Kier alpha value is -1.36. The van der Waals surface area contributed by atoms with Gasteiger partial charge in [-0.25, -0.2) is 0 Å². The van der Waals surface area contributed by atoms with Crippen LogP contribution >= 0.6 is 0 Å². The van der Waals surface area contributed by atoms with Crippen LogP contribution in [0.2, 0.25) is 0 Å². The van der Waals surface area contributed by atoms with E-state index in [9.17, 15) is 8.42 Å². The maximum absolute atomic E-state index is 11.9. The van der Waals surface area contributed by atoms with Crippen LogP contribution in [0, 0.1) is 0 Å². The third-order valence-electron chi connectivity index (χ3n) is 2.41. The van der Waals surface area contributed by atoms with Crippen molar-refractivity contribution in [2.45, 2.75) is 31.6 Å². The molecule has 0 radical (unpaired) electrons. The van der Waals surface area contributed by atoms with Crippen LogP contribution in [0.3, 0.4) is 0 Å². The van der Waals surface area contributed by atoms with Crippen LogP contribution in [0.4, 0.5) is 0 Å². The van der Waals surface area contributed by atoms with E-state index in [0.717, 1.165) is 25.9 Å². The van der Waals surface area contributed by atoms with Gasteiger partial charge in [0.2, 0.25) is 0 Å². The van der Waals surface area contributed by atoms with Crippen LogP contribution in [-0.2, 0) is 10.0 Å². The minimum absolute atomic E-state index is 0.231. The van der Waals surface area contributed by atoms with Crippen LogP contribution in [-0.4, -0.2) is 32.7 Å². The first-order chi connectivity index (χ1) is 8.60. The topological polar surface area (TPSA) is 49.7 Å². The second-order valence-electron chi connectivity index (χ2n) is 4.04. The molecule has 0 aliphatic carbocycles. The number of benzene rings is 1. The Kier molecular flexibility index (Phi) is 5.85. The molecular weight excluding hydrogens is 248 g/mol. The summed E-state index contributed by atoms with van der Waals surface area (Å²) < 4.78 is 27.6. The molecule has 0 saturated carbocycles. The molecule has 1 aromatic rings. The smallest absolute Gasteiger partial charge is 0.283 e. The number of hydrogen-bond donors (Lipinski definition) is 0. The quantitative estimate of drug-likeness (QED) is 0.564. The summed E-state index contributed by atoms with van der Waals surface area (Å²) in [6, 6.07) is 8.27. The average molecular weight is 268 g/mol. The van der Waals surface area contributed by atoms with Gasteiger partial charge in [0.15, 0.2) is 0 Å². The Morgan fingerprint density at radius 3 is 2.17 bits per heavy atom. The third kappa shape index (κ3) is 4.49. The molecule has 0 fully saturated rings. The lowest BCUT2D eigenvalue weighted by molar-refractivity contribution is 0.429. The van der Waals surface area contributed by atoms with Gasteiger partial charge in [-0.3, -0.25) is 0 Å². The number of sulfonamides is 1. The zero-order valence-electron chi connectivity index (χ0n) is 10.9. The van der Waals surface area contributed by atoms with Crippen molar-refractivity contribution in [2.75, 3.05) is 13.1 Å². The molecule has 0 heterocycles. The van der Waals surface area contributed by atoms with Crippen LogP contribution in [0.15, 0.2) is 39.6 Å². The molecule has 0 aromatic heterocycles. The molecule has 1 rings (SSSR count). The largest absolute Gasteiger partial charge is 0.362 e. The standard InChI is InChI=1S/C13H20N2O2S/c1-3-10-15(11-4-2)12-14-18(16,17)13-8-6-5-7-9-13/h5-9,12H,3-4,10-11H2,1-2H3/b14-12+. The second kappa shape index (κ2) is 7.16. The van der Waals surface area contributed by atoms with Crippen LogP contribution in [0.25, 0.3) is 0 Å². The van der Waals surface area contributed by atoms with Gasteiger partial charge in [-0.2, -0.15) is 8.42 Å². The Labute approximate surface area is 109 Å². The van der Waals surface area contributed by atoms with Crippen molar-refractivity contribution in [1.82, 2.24) is 4.90 Å². The van der Waals surface area contributed by atoms with Gasteiger partial charge < -0.3 is 4.90 Å². The van der Waals surface area contributed by atoms with E-state index < -0.39 is 10.0 Å². The Morgan fingerprint density at radius 2 is 1.67 bits per heavy atom. The molecule has 0 unspecified atom stereocenters. The van der Waals surface area contributed by atoms with E-state index >= 15 is 0 Å². The highest BCUT2D eigenvalue weighted by Gasteiger charge is 2.10. The van der Waals surface area contributed by atoms with Gasteiger partial charge in [-0.15, -0.1) is 4.40 Å². The monoisotopic (exact) mass is 268 g/mol. The lowest BCUT2D eigenvalue weighted by Gasteiger charge is -2.16. The first-order valence-corrected chi connectivity index (χ1v) is 7.63. The summed E-state index contributed by atoms with van der Waals surface area (Å²) in [6.07, 6.45) is 3.38. The maximum atomic E-state index is 11.9. The highest BCUT2D eigenvalue weighted by Crippen LogP contribution is 2.10. The molecule has 0 bridgehead atoms. The van der Waals surface area contributed by atoms with Crippen LogP contribution in [0.1, 0.15) is 26.7 Å². The van der Waals surface area contributed by atoms with Gasteiger partial charge in [-0.05, 0) is 25.0 Å². The van der Waals surface area contributed by atoms with E-state index in [-0.39, 0.29) is 4.90 Å². The van der Waals surface area contributed by atoms with Crippen molar-refractivity contribution in [2.24, 2.45) is 4.40 Å². The first-order valence-electron chi connectivity index (χ1n) is 6.19. The molecule has 0 amide bonds. The Balaban J connectivity index is 2.81. The second-order valence-corrected chi connectivity index (χ2v) is 5.68. The molecule has 0 atom stereocenters. The van der Waals surface area contributed by atoms with E-state index in [0.29, 0.717) is 0 Å². The molecule has 0 spiro atoms. The summed E-state index contributed by atoms with van der Waals surface area (Å²) in [4.78, 5) is 2.16. The van der Waals surface area contributed by atoms with E-state index in [1.807, 2.05) is 4.90 Å². The van der Waals surface area contributed by atoms with Crippen molar-refractivity contribution < 1.29 is 8.42 Å². The van der Waals surface area contributed by atoms with Crippen molar-refractivity contribution >= 4 is 16.4 Å². The van der Waals surface area contributed by atoms with Gasteiger partial charge >= 0.3 is 0 Å². The van der Waals surface area contributed by atoms with Gasteiger partial charge in [0.1, 0.15) is 6.34 Å². The summed E-state index contributed by atoms with van der Waals surface area (Å²) in [5, 5.41) is 0. The molecule has 100 valence electrons. The zero-order valence-corrected chi connectivity index (χ0v) is 11.7. The number of hydrogen-bond acceptors (Lipinski definition) is 2. The van der Waals surface area contributed by atoms with Gasteiger partial charge in [0.05, 0.1) is 4.90 Å². The van der Waals surface area contributed by atoms with E-state index in [1.54, 1.807) is 30.3 Å². The fourth-order valence-corrected chi connectivity index (χ4v) is 2.46. The zero-order chi connectivity index (χ0) is 13.4. The predicted octanol–water partition coefficient (Wildman–Crippen LogP) is 2.53. The molecule has 0 aliphatic heterocycles. The molecule has 0 N–H and O–H groups in total. The summed E-state index contributed by atoms with van der Waals surface area (Å²) in [6.45, 7) is 5.76.